The SMILES string of the molecule is CC12CCC(O)CC1CCC1C2C(O)C(=O)C2(C)C(C3=CC(=O)OC3)CCC12O. The van der Waals surface area contributed by atoms with Crippen LogP contribution in [0.25, 0.3) is 0 Å². The van der Waals surface area contributed by atoms with E-state index in [-0.39, 0.29) is 47.6 Å². The smallest absolute Gasteiger partial charge is 0.331 e. The van der Waals surface area contributed by atoms with E-state index in [0.29, 0.717) is 25.7 Å². The van der Waals surface area contributed by atoms with E-state index in [1.807, 2.05) is 0 Å². The average molecular weight is 405 g/mol. The Kier molecular flexibility index (Phi) is 4.18. The summed E-state index contributed by atoms with van der Waals surface area (Å²) in [6.45, 7) is 4.13. The monoisotopic (exact) mass is 404 g/mol. The Morgan fingerprint density at radius 1 is 1.07 bits per heavy atom. The molecule has 1 aliphatic heterocycles. The zero-order valence-electron chi connectivity index (χ0n) is 17.3. The van der Waals surface area contributed by atoms with Gasteiger partial charge in [0.1, 0.15) is 12.7 Å². The molecule has 5 rings (SSSR count). The van der Waals surface area contributed by atoms with Crippen molar-refractivity contribution in [1.29, 1.82) is 0 Å². The molecule has 0 bridgehead atoms. The maximum Gasteiger partial charge on any atom is 0.331 e. The van der Waals surface area contributed by atoms with E-state index < -0.39 is 23.1 Å². The number of cyclic esters (lactones) is 1. The summed E-state index contributed by atoms with van der Waals surface area (Å²) in [5.41, 5.74) is -1.77. The van der Waals surface area contributed by atoms with Crippen molar-refractivity contribution in [3.63, 3.8) is 0 Å². The summed E-state index contributed by atoms with van der Waals surface area (Å²) in [6.07, 6.45) is 5.00. The van der Waals surface area contributed by atoms with Gasteiger partial charge in [-0.1, -0.05) is 6.92 Å². The maximum absolute atomic E-state index is 13.7. The zero-order chi connectivity index (χ0) is 20.8. The molecular weight excluding hydrogens is 372 g/mol. The van der Waals surface area contributed by atoms with Crippen molar-refractivity contribution >= 4 is 11.8 Å². The van der Waals surface area contributed by atoms with Crippen molar-refractivity contribution in [2.45, 2.75) is 76.6 Å². The third-order valence-electron chi connectivity index (χ3n) is 9.80. The van der Waals surface area contributed by atoms with Crippen LogP contribution in [0, 0.1) is 34.5 Å². The lowest BCUT2D eigenvalue weighted by Gasteiger charge is -2.64. The lowest BCUT2D eigenvalue weighted by atomic mass is 9.42. The minimum absolute atomic E-state index is 0.152. The van der Waals surface area contributed by atoms with Crippen LogP contribution in [0.2, 0.25) is 0 Å². The van der Waals surface area contributed by atoms with Crippen molar-refractivity contribution in [1.82, 2.24) is 0 Å². The van der Waals surface area contributed by atoms with Gasteiger partial charge in [0.05, 0.1) is 17.1 Å². The van der Waals surface area contributed by atoms with Gasteiger partial charge in [-0.2, -0.15) is 0 Å². The van der Waals surface area contributed by atoms with Crippen molar-refractivity contribution in [2.75, 3.05) is 6.61 Å². The number of esters is 1. The van der Waals surface area contributed by atoms with Gasteiger partial charge in [0.2, 0.25) is 0 Å². The molecule has 6 nitrogen and oxygen atoms in total. The summed E-state index contributed by atoms with van der Waals surface area (Å²) < 4.78 is 5.09. The second-order valence-electron chi connectivity index (χ2n) is 10.7. The predicted octanol–water partition coefficient (Wildman–Crippen LogP) is 1.75. The van der Waals surface area contributed by atoms with Crippen molar-refractivity contribution in [3.8, 4) is 0 Å². The van der Waals surface area contributed by atoms with E-state index >= 15 is 0 Å². The molecule has 5 aliphatic rings. The van der Waals surface area contributed by atoms with Gasteiger partial charge in [-0.15, -0.1) is 0 Å². The molecule has 1 heterocycles. The largest absolute Gasteiger partial charge is 0.458 e. The van der Waals surface area contributed by atoms with Gasteiger partial charge in [0.25, 0.3) is 0 Å². The Morgan fingerprint density at radius 3 is 2.52 bits per heavy atom. The molecule has 3 N–H and O–H groups in total. The fourth-order valence-corrected chi connectivity index (χ4v) is 8.21. The van der Waals surface area contributed by atoms with Crippen molar-refractivity contribution in [3.05, 3.63) is 11.6 Å². The molecule has 9 atom stereocenters. The number of hydrogen-bond acceptors (Lipinski definition) is 6. The first-order chi connectivity index (χ1) is 13.6. The van der Waals surface area contributed by atoms with E-state index in [1.165, 1.54) is 6.08 Å². The van der Waals surface area contributed by atoms with Gasteiger partial charge in [-0.3, -0.25) is 4.79 Å². The quantitative estimate of drug-likeness (QED) is 0.575. The maximum atomic E-state index is 13.7. The van der Waals surface area contributed by atoms with Gasteiger partial charge in [0, 0.05) is 12.0 Å². The van der Waals surface area contributed by atoms with E-state index in [2.05, 4.69) is 6.92 Å². The molecule has 0 spiro atoms. The van der Waals surface area contributed by atoms with Crippen LogP contribution in [0.4, 0.5) is 0 Å². The summed E-state index contributed by atoms with van der Waals surface area (Å²) in [4.78, 5) is 25.3. The number of hydrogen-bond donors (Lipinski definition) is 3. The van der Waals surface area contributed by atoms with Crippen LogP contribution < -0.4 is 0 Å². The predicted molar refractivity (Wildman–Crippen MR) is 104 cm³/mol. The Bertz CT molecular complexity index is 790. The molecule has 0 aromatic rings. The molecule has 4 saturated carbocycles. The molecule has 0 saturated heterocycles. The Hall–Kier alpha value is -1.24. The van der Waals surface area contributed by atoms with Crippen LogP contribution in [-0.2, 0) is 14.3 Å². The first kappa shape index (κ1) is 19.7. The Labute approximate surface area is 171 Å². The molecule has 4 fully saturated rings. The Morgan fingerprint density at radius 2 is 1.83 bits per heavy atom. The topological polar surface area (TPSA) is 104 Å². The molecule has 0 aromatic carbocycles. The normalized spacial score (nSPS) is 54.3. The number of ketones is 1. The van der Waals surface area contributed by atoms with Crippen molar-refractivity contribution < 1.29 is 29.6 Å². The molecule has 0 amide bonds. The first-order valence-corrected chi connectivity index (χ1v) is 11.1. The molecule has 29 heavy (non-hydrogen) atoms. The molecule has 4 aliphatic carbocycles. The summed E-state index contributed by atoms with van der Waals surface area (Å²) in [5.74, 6) is -1.12. The third-order valence-corrected chi connectivity index (χ3v) is 9.80. The van der Waals surface area contributed by atoms with Crippen molar-refractivity contribution in [2.24, 2.45) is 34.5 Å². The highest BCUT2D eigenvalue weighted by Crippen LogP contribution is 2.68. The molecule has 0 aromatic heterocycles. The fraction of sp³-hybridized carbons (Fsp3) is 0.826. The number of ether oxygens (including phenoxy) is 1. The van der Waals surface area contributed by atoms with E-state index in [4.69, 9.17) is 4.74 Å². The summed E-state index contributed by atoms with van der Waals surface area (Å²) in [5, 5.41) is 33.6. The highest BCUT2D eigenvalue weighted by molar-refractivity contribution is 5.93. The van der Waals surface area contributed by atoms with Crippen LogP contribution in [-0.4, -0.2) is 51.5 Å². The van der Waals surface area contributed by atoms with Gasteiger partial charge < -0.3 is 20.1 Å². The second-order valence-corrected chi connectivity index (χ2v) is 10.7. The van der Waals surface area contributed by atoms with Crippen LogP contribution in [0.15, 0.2) is 11.6 Å². The van der Waals surface area contributed by atoms with E-state index in [0.717, 1.165) is 24.8 Å². The van der Waals surface area contributed by atoms with Crippen LogP contribution in [0.3, 0.4) is 0 Å². The minimum Gasteiger partial charge on any atom is -0.458 e. The highest BCUT2D eigenvalue weighted by Gasteiger charge is 2.73. The molecule has 0 radical (unpaired) electrons. The van der Waals surface area contributed by atoms with Gasteiger partial charge in [-0.05, 0) is 80.6 Å². The van der Waals surface area contributed by atoms with Gasteiger partial charge >= 0.3 is 5.97 Å². The second kappa shape index (κ2) is 6.14. The summed E-state index contributed by atoms with van der Waals surface area (Å²) in [7, 11) is 0. The average Bonchev–Trinajstić information content (AvgIpc) is 3.22. The number of rotatable bonds is 1. The highest BCUT2D eigenvalue weighted by atomic mass is 16.5. The number of aliphatic hydroxyl groups is 3. The minimum atomic E-state index is -1.19. The Balaban J connectivity index is 1.57. The van der Waals surface area contributed by atoms with Crippen LogP contribution in [0.1, 0.15) is 58.8 Å². The fourth-order valence-electron chi connectivity index (χ4n) is 8.21. The third kappa shape index (κ3) is 2.34. The number of carbonyl (C=O) groups excluding carboxylic acids is 2. The van der Waals surface area contributed by atoms with E-state index in [9.17, 15) is 24.9 Å². The lowest BCUT2D eigenvalue weighted by Crippen LogP contribution is -2.70. The van der Waals surface area contributed by atoms with Gasteiger partial charge in [-0.25, -0.2) is 4.79 Å². The number of carbonyl (C=O) groups is 2. The molecule has 9 unspecified atom stereocenters. The standard InChI is InChI=1S/C23H32O6/c1-21-7-5-14(24)10-13(21)3-4-16-18(21)19(26)20(27)22(2)15(6-8-23(16,22)28)12-9-17(25)29-11-12/h9,13-16,18-19,24,26,28H,3-8,10-11H2,1-2H3. The lowest BCUT2D eigenvalue weighted by molar-refractivity contribution is -0.230. The first-order valence-electron chi connectivity index (χ1n) is 11.1. The molecule has 160 valence electrons. The zero-order valence-corrected chi connectivity index (χ0v) is 17.3. The van der Waals surface area contributed by atoms with Crippen LogP contribution in [0.5, 0.6) is 0 Å². The molecule has 6 heteroatoms. The van der Waals surface area contributed by atoms with Crippen LogP contribution >= 0.6 is 0 Å². The summed E-state index contributed by atoms with van der Waals surface area (Å²) >= 11 is 0. The molecular formula is C23H32O6. The number of Topliss-reactive ketones (excluding diaryl/α,β-unsaturated/α-hetero) is 1. The summed E-state index contributed by atoms with van der Waals surface area (Å²) in [6, 6.07) is 0. The van der Waals surface area contributed by atoms with Gasteiger partial charge in [0.15, 0.2) is 5.78 Å². The number of aliphatic hydroxyl groups excluding tert-OH is 2. The number of fused-ring (bicyclic) bond motifs is 5. The van der Waals surface area contributed by atoms with E-state index in [1.54, 1.807) is 6.92 Å².